The van der Waals surface area contributed by atoms with Gasteiger partial charge in [-0.15, -0.1) is 11.3 Å². The second-order valence-electron chi connectivity index (χ2n) is 5.74. The van der Waals surface area contributed by atoms with Crippen LogP contribution in [0.4, 0.5) is 0 Å². The Bertz CT molecular complexity index is 1130. The summed E-state index contributed by atoms with van der Waals surface area (Å²) in [5, 5.41) is 9.01. The largest absolute Gasteiger partial charge is 0.344 e. The fraction of sp³-hybridized carbons (Fsp3) is 0.111. The molecule has 26 heavy (non-hydrogen) atoms. The standard InChI is InChI=1S/C18H15N5O2S/c1-12(13-5-2-3-6-14(13)23-8-4-7-19-23)20-17(25)15-11-16(24)21-18-22(15)9-10-26-18/h2-12H,1H3,(H,20,25)/t12-/m1/s1. The Morgan fingerprint density at radius 3 is 2.88 bits per heavy atom. The van der Waals surface area contributed by atoms with Crippen LogP contribution in [0.25, 0.3) is 10.6 Å². The number of hydrogen-bond donors (Lipinski definition) is 1. The molecule has 0 saturated carbocycles. The molecule has 130 valence electrons. The van der Waals surface area contributed by atoms with E-state index in [1.165, 1.54) is 17.4 Å². The summed E-state index contributed by atoms with van der Waals surface area (Å²) in [5.74, 6) is -0.333. The molecule has 0 unspecified atom stereocenters. The molecule has 4 rings (SSSR count). The Kier molecular flexibility index (Phi) is 4.10. The van der Waals surface area contributed by atoms with Gasteiger partial charge in [-0.25, -0.2) is 4.68 Å². The zero-order valence-electron chi connectivity index (χ0n) is 13.9. The maximum Gasteiger partial charge on any atom is 0.274 e. The van der Waals surface area contributed by atoms with Crippen molar-refractivity contribution >= 4 is 22.2 Å². The Hall–Kier alpha value is -3.26. The van der Waals surface area contributed by atoms with Crippen LogP contribution in [0, 0.1) is 0 Å². The van der Waals surface area contributed by atoms with E-state index in [0.717, 1.165) is 11.3 Å². The first-order valence-corrected chi connectivity index (χ1v) is 8.88. The molecule has 0 aliphatic heterocycles. The highest BCUT2D eigenvalue weighted by Gasteiger charge is 2.18. The maximum absolute atomic E-state index is 12.8. The summed E-state index contributed by atoms with van der Waals surface area (Å²) in [7, 11) is 0. The molecule has 0 spiro atoms. The average Bonchev–Trinajstić information content (AvgIpc) is 3.32. The van der Waals surface area contributed by atoms with E-state index in [-0.39, 0.29) is 17.6 Å². The third-order valence-corrected chi connectivity index (χ3v) is 4.81. The molecule has 3 heterocycles. The van der Waals surface area contributed by atoms with Crippen molar-refractivity contribution in [1.82, 2.24) is 24.5 Å². The molecule has 3 aromatic heterocycles. The highest BCUT2D eigenvalue weighted by Crippen LogP contribution is 2.21. The zero-order valence-corrected chi connectivity index (χ0v) is 14.7. The van der Waals surface area contributed by atoms with Crippen molar-refractivity contribution in [2.24, 2.45) is 0 Å². The lowest BCUT2D eigenvalue weighted by atomic mass is 10.1. The summed E-state index contributed by atoms with van der Waals surface area (Å²) in [6.45, 7) is 1.90. The molecule has 0 aliphatic carbocycles. The third kappa shape index (κ3) is 2.91. The van der Waals surface area contributed by atoms with Crippen molar-refractivity contribution in [2.75, 3.05) is 0 Å². The van der Waals surface area contributed by atoms with Crippen molar-refractivity contribution in [3.05, 3.63) is 82.0 Å². The normalized spacial score (nSPS) is 12.2. The highest BCUT2D eigenvalue weighted by molar-refractivity contribution is 7.15. The predicted octanol–water partition coefficient (Wildman–Crippen LogP) is 2.43. The van der Waals surface area contributed by atoms with Crippen LogP contribution in [0.5, 0.6) is 0 Å². The third-order valence-electron chi connectivity index (χ3n) is 4.05. The van der Waals surface area contributed by atoms with Crippen molar-refractivity contribution in [3.63, 3.8) is 0 Å². The van der Waals surface area contributed by atoms with Gasteiger partial charge in [0.2, 0.25) is 0 Å². The molecule has 1 N–H and O–H groups in total. The van der Waals surface area contributed by atoms with Gasteiger partial charge >= 0.3 is 0 Å². The number of carbonyl (C=O) groups excluding carboxylic acids is 1. The van der Waals surface area contributed by atoms with Crippen molar-refractivity contribution in [3.8, 4) is 5.69 Å². The first-order valence-electron chi connectivity index (χ1n) is 8.00. The van der Waals surface area contributed by atoms with E-state index in [1.807, 2.05) is 43.5 Å². The zero-order chi connectivity index (χ0) is 18.1. The van der Waals surface area contributed by atoms with Gasteiger partial charge in [0, 0.05) is 30.0 Å². The van der Waals surface area contributed by atoms with Crippen LogP contribution >= 0.6 is 11.3 Å². The molecule has 8 heteroatoms. The second-order valence-corrected chi connectivity index (χ2v) is 6.61. The second kappa shape index (κ2) is 6.57. The summed E-state index contributed by atoms with van der Waals surface area (Å²) in [4.78, 5) is 28.9. The molecule has 1 atom stereocenters. The van der Waals surface area contributed by atoms with Crippen LogP contribution in [0.3, 0.4) is 0 Å². The van der Waals surface area contributed by atoms with Gasteiger partial charge in [0.25, 0.3) is 11.5 Å². The number of aromatic nitrogens is 4. The van der Waals surface area contributed by atoms with Gasteiger partial charge in [-0.1, -0.05) is 18.2 Å². The molecule has 1 aromatic carbocycles. The molecule has 0 saturated heterocycles. The van der Waals surface area contributed by atoms with Gasteiger partial charge in [-0.05, 0) is 24.6 Å². The minimum absolute atomic E-state index is 0.268. The molecule has 0 radical (unpaired) electrons. The summed E-state index contributed by atoms with van der Waals surface area (Å²) in [6.07, 6.45) is 5.28. The fourth-order valence-corrected chi connectivity index (χ4v) is 3.57. The highest BCUT2D eigenvalue weighted by atomic mass is 32.1. The van der Waals surface area contributed by atoms with Gasteiger partial charge in [-0.2, -0.15) is 10.1 Å². The van der Waals surface area contributed by atoms with Crippen molar-refractivity contribution < 1.29 is 4.79 Å². The van der Waals surface area contributed by atoms with Gasteiger partial charge in [0.1, 0.15) is 5.69 Å². The lowest BCUT2D eigenvalue weighted by molar-refractivity contribution is 0.0933. The van der Waals surface area contributed by atoms with Crippen LogP contribution in [0.15, 0.2) is 65.2 Å². The van der Waals surface area contributed by atoms with Gasteiger partial charge in [-0.3, -0.25) is 14.0 Å². The maximum atomic E-state index is 12.8. The number of nitrogens with zero attached hydrogens (tertiary/aromatic N) is 4. The van der Waals surface area contributed by atoms with Gasteiger partial charge < -0.3 is 5.32 Å². The van der Waals surface area contributed by atoms with Gasteiger partial charge in [0.05, 0.1) is 11.7 Å². The average molecular weight is 365 g/mol. The Balaban J connectivity index is 1.67. The van der Waals surface area contributed by atoms with E-state index in [4.69, 9.17) is 0 Å². The molecule has 4 aromatic rings. The minimum atomic E-state index is -0.429. The van der Waals surface area contributed by atoms with Crippen LogP contribution in [-0.2, 0) is 0 Å². The van der Waals surface area contributed by atoms with Crippen molar-refractivity contribution in [1.29, 1.82) is 0 Å². The number of para-hydroxylation sites is 1. The van der Waals surface area contributed by atoms with E-state index in [1.54, 1.807) is 26.9 Å². The fourth-order valence-electron chi connectivity index (χ4n) is 2.85. The molecule has 1 amide bonds. The first kappa shape index (κ1) is 16.2. The molecule has 0 fully saturated rings. The smallest absolute Gasteiger partial charge is 0.274 e. The number of rotatable bonds is 4. The number of hydrogen-bond acceptors (Lipinski definition) is 5. The summed E-state index contributed by atoms with van der Waals surface area (Å²) in [6, 6.07) is 10.5. The van der Waals surface area contributed by atoms with E-state index in [0.29, 0.717) is 4.96 Å². The first-order chi connectivity index (χ1) is 12.6. The minimum Gasteiger partial charge on any atom is -0.344 e. The number of carbonyl (C=O) groups is 1. The van der Waals surface area contributed by atoms with Crippen LogP contribution < -0.4 is 10.9 Å². The molecular formula is C18H15N5O2S. The number of fused-ring (bicyclic) bond motifs is 1. The SMILES string of the molecule is C[C@@H](NC(=O)c1cc(=O)nc2sccn12)c1ccccc1-n1cccn1. The Morgan fingerprint density at radius 2 is 2.08 bits per heavy atom. The predicted molar refractivity (Wildman–Crippen MR) is 98.8 cm³/mol. The van der Waals surface area contributed by atoms with Crippen molar-refractivity contribution in [2.45, 2.75) is 13.0 Å². The summed E-state index contributed by atoms with van der Waals surface area (Å²) >= 11 is 1.31. The quantitative estimate of drug-likeness (QED) is 0.602. The van der Waals surface area contributed by atoms with E-state index in [2.05, 4.69) is 15.4 Å². The Morgan fingerprint density at radius 1 is 1.23 bits per heavy atom. The van der Waals surface area contributed by atoms with E-state index >= 15 is 0 Å². The van der Waals surface area contributed by atoms with Crippen LogP contribution in [0.1, 0.15) is 29.0 Å². The van der Waals surface area contributed by atoms with Gasteiger partial charge in [0.15, 0.2) is 4.96 Å². The molecular weight excluding hydrogens is 350 g/mol. The topological polar surface area (TPSA) is 81.3 Å². The number of benzene rings is 1. The summed E-state index contributed by atoms with van der Waals surface area (Å²) in [5.41, 5.74) is 1.65. The van der Waals surface area contributed by atoms with E-state index < -0.39 is 5.56 Å². The number of thiazole rings is 1. The van der Waals surface area contributed by atoms with E-state index in [9.17, 15) is 9.59 Å². The molecule has 0 aliphatic rings. The monoisotopic (exact) mass is 365 g/mol. The summed E-state index contributed by atoms with van der Waals surface area (Å²) < 4.78 is 3.37. The lowest BCUT2D eigenvalue weighted by Crippen LogP contribution is -2.30. The lowest BCUT2D eigenvalue weighted by Gasteiger charge is -2.18. The number of amides is 1. The number of nitrogens with one attached hydrogen (secondary N) is 1. The molecule has 0 bridgehead atoms. The Labute approximate surface area is 152 Å². The van der Waals surface area contributed by atoms with Crippen LogP contribution in [-0.4, -0.2) is 25.1 Å². The van der Waals surface area contributed by atoms with Crippen LogP contribution in [0.2, 0.25) is 0 Å². The molecule has 7 nitrogen and oxygen atoms in total.